The molecule has 1 atom stereocenters. The summed E-state index contributed by atoms with van der Waals surface area (Å²) in [7, 11) is -0.172. The number of hydrogen-bond donors (Lipinski definition) is 0. The second-order valence-electron chi connectivity index (χ2n) is 8.36. The number of rotatable bonds is 4. The maximum Gasteiger partial charge on any atom is 0.472 e. The molecule has 1 fully saturated rings. The van der Waals surface area contributed by atoms with Crippen molar-refractivity contribution in [3.8, 4) is 0 Å². The van der Waals surface area contributed by atoms with Crippen molar-refractivity contribution in [3.05, 3.63) is 30.3 Å². The molecule has 22 heavy (non-hydrogen) atoms. The maximum atomic E-state index is 6.30. The van der Waals surface area contributed by atoms with Crippen LogP contribution < -0.4 is 0 Å². The lowest BCUT2D eigenvalue weighted by atomic mass is 9.75. The molecule has 1 aromatic carbocycles. The smallest absolute Gasteiger partial charge is 0.402 e. The topological polar surface area (TPSA) is 18.5 Å². The van der Waals surface area contributed by atoms with E-state index in [1.165, 1.54) is 4.90 Å². The quantitative estimate of drug-likeness (QED) is 0.560. The van der Waals surface area contributed by atoms with Gasteiger partial charge in [-0.05, 0) is 51.7 Å². The van der Waals surface area contributed by atoms with Crippen molar-refractivity contribution in [2.24, 2.45) is 5.41 Å². The Labute approximate surface area is 140 Å². The van der Waals surface area contributed by atoms with Crippen LogP contribution in [0.15, 0.2) is 35.2 Å². The SMILES string of the molecule is CC(C)(C)CC(Sc1ccccc1)B1OC(C)(C)C(C)(C)O1. The first kappa shape index (κ1) is 17.9. The first-order valence-electron chi connectivity index (χ1n) is 8.08. The Morgan fingerprint density at radius 1 is 1.00 bits per heavy atom. The third-order valence-electron chi connectivity index (χ3n) is 4.42. The monoisotopic (exact) mass is 320 g/mol. The fourth-order valence-corrected chi connectivity index (χ4v) is 3.98. The largest absolute Gasteiger partial charge is 0.472 e. The summed E-state index contributed by atoms with van der Waals surface area (Å²) in [5.74, 6) is 0. The highest BCUT2D eigenvalue weighted by Gasteiger charge is 2.54. The molecule has 0 saturated carbocycles. The van der Waals surface area contributed by atoms with Crippen molar-refractivity contribution >= 4 is 18.9 Å². The van der Waals surface area contributed by atoms with E-state index in [1.807, 2.05) is 11.8 Å². The van der Waals surface area contributed by atoms with Gasteiger partial charge in [-0.2, -0.15) is 0 Å². The first-order valence-corrected chi connectivity index (χ1v) is 8.95. The van der Waals surface area contributed by atoms with Crippen LogP contribution >= 0.6 is 11.8 Å². The van der Waals surface area contributed by atoms with Gasteiger partial charge in [0.25, 0.3) is 0 Å². The molecule has 1 aromatic rings. The van der Waals surface area contributed by atoms with E-state index in [4.69, 9.17) is 9.31 Å². The van der Waals surface area contributed by atoms with Gasteiger partial charge in [0.15, 0.2) is 0 Å². The number of hydrogen-bond acceptors (Lipinski definition) is 3. The summed E-state index contributed by atoms with van der Waals surface area (Å²) in [5.41, 5.74) is -0.313. The summed E-state index contributed by atoms with van der Waals surface area (Å²) in [5, 5.41) is 0.281. The van der Waals surface area contributed by atoms with Crippen LogP contribution in [-0.4, -0.2) is 23.5 Å². The molecule has 0 bridgehead atoms. The minimum absolute atomic E-state index is 0.172. The predicted octanol–water partition coefficient (Wildman–Crippen LogP) is 5.21. The summed E-state index contributed by atoms with van der Waals surface area (Å²) < 4.78 is 12.6. The van der Waals surface area contributed by atoms with Crippen molar-refractivity contribution in [3.63, 3.8) is 0 Å². The van der Waals surface area contributed by atoms with Crippen LogP contribution in [-0.2, 0) is 9.31 Å². The van der Waals surface area contributed by atoms with E-state index in [9.17, 15) is 0 Å². The normalized spacial score (nSPS) is 21.9. The molecule has 122 valence electrons. The van der Waals surface area contributed by atoms with Crippen LogP contribution in [0.3, 0.4) is 0 Å². The van der Waals surface area contributed by atoms with Crippen molar-refractivity contribution in [2.45, 2.75) is 76.1 Å². The van der Waals surface area contributed by atoms with Gasteiger partial charge in [0.1, 0.15) is 0 Å². The standard InChI is InChI=1S/C18H29BO2S/c1-16(2,3)13-15(22-14-11-9-8-10-12-14)19-20-17(4,5)18(6,7)21-19/h8-12,15H,13H2,1-7H3. The summed E-state index contributed by atoms with van der Waals surface area (Å²) in [6.07, 6.45) is 1.05. The molecule has 1 unspecified atom stereocenters. The third-order valence-corrected chi connectivity index (χ3v) is 5.66. The molecule has 0 aliphatic carbocycles. The molecular weight excluding hydrogens is 291 g/mol. The molecule has 1 aliphatic rings. The van der Waals surface area contributed by atoms with Crippen LogP contribution in [0, 0.1) is 5.41 Å². The first-order chi connectivity index (χ1) is 10.0. The average Bonchev–Trinajstić information content (AvgIpc) is 2.57. The number of benzene rings is 1. The van der Waals surface area contributed by atoms with Gasteiger partial charge in [-0.25, -0.2) is 0 Å². The van der Waals surface area contributed by atoms with Crippen LogP contribution in [0.25, 0.3) is 0 Å². The van der Waals surface area contributed by atoms with E-state index in [0.29, 0.717) is 0 Å². The Morgan fingerprint density at radius 2 is 1.50 bits per heavy atom. The maximum absolute atomic E-state index is 6.30. The zero-order valence-corrected chi connectivity index (χ0v) is 15.8. The molecule has 1 saturated heterocycles. The Kier molecular flexibility index (Phi) is 5.06. The highest BCUT2D eigenvalue weighted by molar-refractivity contribution is 8.01. The van der Waals surface area contributed by atoms with Crippen molar-refractivity contribution in [2.75, 3.05) is 0 Å². The Bertz CT molecular complexity index is 478. The molecule has 1 aliphatic heterocycles. The van der Waals surface area contributed by atoms with Gasteiger partial charge in [-0.1, -0.05) is 39.0 Å². The van der Waals surface area contributed by atoms with Gasteiger partial charge < -0.3 is 9.31 Å². The minimum Gasteiger partial charge on any atom is -0.402 e. The predicted molar refractivity (Wildman–Crippen MR) is 96.2 cm³/mol. The van der Waals surface area contributed by atoms with Gasteiger partial charge in [0, 0.05) is 10.0 Å². The fourth-order valence-electron chi connectivity index (χ4n) is 2.51. The second kappa shape index (κ2) is 6.22. The second-order valence-corrected chi connectivity index (χ2v) is 9.67. The van der Waals surface area contributed by atoms with E-state index in [-0.39, 0.29) is 28.9 Å². The van der Waals surface area contributed by atoms with Crippen LogP contribution in [0.2, 0.25) is 0 Å². The summed E-state index contributed by atoms with van der Waals surface area (Å²) in [4.78, 5) is 1.27. The molecule has 0 amide bonds. The lowest BCUT2D eigenvalue weighted by Gasteiger charge is -2.32. The summed E-state index contributed by atoms with van der Waals surface area (Å²) in [6, 6.07) is 10.5. The average molecular weight is 320 g/mol. The van der Waals surface area contributed by atoms with Crippen LogP contribution in [0.5, 0.6) is 0 Å². The van der Waals surface area contributed by atoms with Gasteiger partial charge in [-0.3, -0.25) is 0 Å². The molecule has 0 radical (unpaired) electrons. The zero-order valence-electron chi connectivity index (χ0n) is 15.0. The molecule has 1 heterocycles. The molecule has 2 nitrogen and oxygen atoms in total. The third kappa shape index (κ3) is 4.30. The van der Waals surface area contributed by atoms with E-state index in [1.54, 1.807) is 0 Å². The van der Waals surface area contributed by atoms with E-state index >= 15 is 0 Å². The lowest BCUT2D eigenvalue weighted by molar-refractivity contribution is 0.00578. The van der Waals surface area contributed by atoms with E-state index in [0.717, 1.165) is 6.42 Å². The van der Waals surface area contributed by atoms with Crippen molar-refractivity contribution < 1.29 is 9.31 Å². The van der Waals surface area contributed by atoms with E-state index in [2.05, 4.69) is 78.8 Å². The van der Waals surface area contributed by atoms with Gasteiger partial charge in [-0.15, -0.1) is 11.8 Å². The molecule has 4 heteroatoms. The molecule has 0 N–H and O–H groups in total. The summed E-state index contributed by atoms with van der Waals surface area (Å²) in [6.45, 7) is 15.3. The minimum atomic E-state index is -0.273. The lowest BCUT2D eigenvalue weighted by Crippen LogP contribution is -2.41. The highest BCUT2D eigenvalue weighted by Crippen LogP contribution is 2.43. The van der Waals surface area contributed by atoms with Crippen LogP contribution in [0.4, 0.5) is 0 Å². The zero-order chi connectivity index (χ0) is 16.6. The molecular formula is C18H29BO2S. The Hall–Kier alpha value is -0.445. The molecule has 2 rings (SSSR count). The summed E-state index contributed by atoms with van der Waals surface area (Å²) >= 11 is 1.86. The van der Waals surface area contributed by atoms with Crippen molar-refractivity contribution in [1.82, 2.24) is 0 Å². The number of thioether (sulfide) groups is 1. The van der Waals surface area contributed by atoms with Crippen LogP contribution in [0.1, 0.15) is 54.9 Å². The van der Waals surface area contributed by atoms with E-state index < -0.39 is 0 Å². The van der Waals surface area contributed by atoms with Crippen molar-refractivity contribution in [1.29, 1.82) is 0 Å². The van der Waals surface area contributed by atoms with Gasteiger partial charge in [0.05, 0.1) is 11.2 Å². The Balaban J connectivity index is 2.19. The Morgan fingerprint density at radius 3 is 1.95 bits per heavy atom. The molecule has 0 aromatic heterocycles. The highest BCUT2D eigenvalue weighted by atomic mass is 32.2. The van der Waals surface area contributed by atoms with Gasteiger partial charge >= 0.3 is 7.12 Å². The fraction of sp³-hybridized carbons (Fsp3) is 0.667. The van der Waals surface area contributed by atoms with Gasteiger partial charge in [0.2, 0.25) is 0 Å². The molecule has 0 spiro atoms.